The van der Waals surface area contributed by atoms with Crippen molar-refractivity contribution in [3.63, 3.8) is 0 Å². The Bertz CT molecular complexity index is 393. The Morgan fingerprint density at radius 1 is 0.947 bits per heavy atom. The highest BCUT2D eigenvalue weighted by Crippen LogP contribution is 2.38. The highest BCUT2D eigenvalue weighted by atomic mass is 14.4. The highest BCUT2D eigenvalue weighted by Gasteiger charge is 2.29. The van der Waals surface area contributed by atoms with Crippen LogP contribution in [-0.2, 0) is 6.42 Å². The standard InChI is InChI=1S/C18H25N/c19-16-18(13-7-2-1-3-8-14-18)15-9-12-17-10-5-4-6-11-17/h4-6,10-11H,1-3,7-9,12-15H2. The molecule has 0 unspecified atom stereocenters. The summed E-state index contributed by atoms with van der Waals surface area (Å²) in [7, 11) is 0. The molecule has 0 heterocycles. The average molecular weight is 255 g/mol. The maximum atomic E-state index is 9.61. The van der Waals surface area contributed by atoms with Gasteiger partial charge in [-0.05, 0) is 37.7 Å². The van der Waals surface area contributed by atoms with E-state index in [1.807, 2.05) is 0 Å². The monoisotopic (exact) mass is 255 g/mol. The number of nitriles is 1. The minimum atomic E-state index is -0.0187. The lowest BCUT2D eigenvalue weighted by Crippen LogP contribution is -2.20. The van der Waals surface area contributed by atoms with E-state index in [0.717, 1.165) is 32.1 Å². The van der Waals surface area contributed by atoms with Gasteiger partial charge in [-0.25, -0.2) is 0 Å². The predicted octanol–water partition coefficient (Wildman–Crippen LogP) is 5.26. The van der Waals surface area contributed by atoms with Crippen molar-refractivity contribution in [2.75, 3.05) is 0 Å². The molecule has 0 amide bonds. The van der Waals surface area contributed by atoms with Gasteiger partial charge in [0.15, 0.2) is 0 Å². The number of hydrogen-bond donors (Lipinski definition) is 0. The van der Waals surface area contributed by atoms with Gasteiger partial charge in [-0.15, -0.1) is 0 Å². The van der Waals surface area contributed by atoms with Gasteiger partial charge in [0.05, 0.1) is 11.5 Å². The van der Waals surface area contributed by atoms with E-state index >= 15 is 0 Å². The van der Waals surface area contributed by atoms with Crippen molar-refractivity contribution in [3.05, 3.63) is 35.9 Å². The van der Waals surface area contributed by atoms with E-state index in [0.29, 0.717) is 0 Å². The fourth-order valence-electron chi connectivity index (χ4n) is 3.28. The molecule has 0 aliphatic heterocycles. The summed E-state index contributed by atoms with van der Waals surface area (Å²) in [5.74, 6) is 0. The summed E-state index contributed by atoms with van der Waals surface area (Å²) in [6, 6.07) is 13.3. The second-order valence-corrected chi connectivity index (χ2v) is 6.00. The predicted molar refractivity (Wildman–Crippen MR) is 79.7 cm³/mol. The van der Waals surface area contributed by atoms with Gasteiger partial charge in [-0.2, -0.15) is 5.26 Å². The third kappa shape index (κ3) is 4.39. The molecular weight excluding hydrogens is 230 g/mol. The van der Waals surface area contributed by atoms with Gasteiger partial charge in [-0.1, -0.05) is 62.4 Å². The van der Waals surface area contributed by atoms with Crippen molar-refractivity contribution < 1.29 is 0 Å². The zero-order valence-electron chi connectivity index (χ0n) is 11.9. The molecule has 0 aromatic heterocycles. The Hall–Kier alpha value is -1.29. The van der Waals surface area contributed by atoms with Crippen LogP contribution in [0.5, 0.6) is 0 Å². The SMILES string of the molecule is N#CC1(CCCc2ccccc2)CCCCCCC1. The van der Waals surface area contributed by atoms with Crippen LogP contribution < -0.4 is 0 Å². The second kappa shape index (κ2) is 7.34. The van der Waals surface area contributed by atoms with Crippen LogP contribution in [0.3, 0.4) is 0 Å². The van der Waals surface area contributed by atoms with Crippen molar-refractivity contribution in [3.8, 4) is 6.07 Å². The minimum absolute atomic E-state index is 0.0187. The fraction of sp³-hybridized carbons (Fsp3) is 0.611. The third-order valence-corrected chi connectivity index (χ3v) is 4.51. The van der Waals surface area contributed by atoms with E-state index in [-0.39, 0.29) is 5.41 Å². The van der Waals surface area contributed by atoms with Crippen LogP contribution in [0, 0.1) is 16.7 Å². The first-order valence-corrected chi connectivity index (χ1v) is 7.80. The lowest BCUT2D eigenvalue weighted by Gasteiger charge is -2.28. The molecule has 0 spiro atoms. The van der Waals surface area contributed by atoms with Gasteiger partial charge in [-0.3, -0.25) is 0 Å². The molecule has 0 N–H and O–H groups in total. The third-order valence-electron chi connectivity index (χ3n) is 4.51. The Kier molecular flexibility index (Phi) is 5.45. The topological polar surface area (TPSA) is 23.8 Å². The highest BCUT2D eigenvalue weighted by molar-refractivity contribution is 5.14. The molecular formula is C18H25N. The van der Waals surface area contributed by atoms with E-state index in [1.54, 1.807) is 0 Å². The summed E-state index contributed by atoms with van der Waals surface area (Å²) in [6.45, 7) is 0. The Morgan fingerprint density at radius 2 is 1.58 bits per heavy atom. The average Bonchev–Trinajstić information content (AvgIpc) is 2.43. The molecule has 102 valence electrons. The normalized spacial score (nSPS) is 19.1. The second-order valence-electron chi connectivity index (χ2n) is 6.00. The smallest absolute Gasteiger partial charge is 0.0689 e. The van der Waals surface area contributed by atoms with Gasteiger partial charge in [0, 0.05) is 0 Å². The van der Waals surface area contributed by atoms with Crippen LogP contribution in [0.15, 0.2) is 30.3 Å². The van der Waals surface area contributed by atoms with Crippen molar-refractivity contribution in [1.82, 2.24) is 0 Å². The molecule has 1 saturated carbocycles. The van der Waals surface area contributed by atoms with E-state index in [4.69, 9.17) is 0 Å². The fourth-order valence-corrected chi connectivity index (χ4v) is 3.28. The Morgan fingerprint density at radius 3 is 2.21 bits per heavy atom. The number of nitrogens with zero attached hydrogens (tertiary/aromatic N) is 1. The molecule has 1 fully saturated rings. The van der Waals surface area contributed by atoms with E-state index in [1.165, 1.54) is 37.7 Å². The maximum Gasteiger partial charge on any atom is 0.0689 e. The van der Waals surface area contributed by atoms with Gasteiger partial charge in [0.2, 0.25) is 0 Å². The van der Waals surface area contributed by atoms with Crippen molar-refractivity contribution in [1.29, 1.82) is 5.26 Å². The molecule has 1 aromatic carbocycles. The van der Waals surface area contributed by atoms with E-state index < -0.39 is 0 Å². The number of aryl methyl sites for hydroxylation is 1. The lowest BCUT2D eigenvalue weighted by atomic mass is 9.74. The summed E-state index contributed by atoms with van der Waals surface area (Å²) in [4.78, 5) is 0. The largest absolute Gasteiger partial charge is 0.198 e. The molecule has 0 atom stereocenters. The molecule has 1 aromatic rings. The minimum Gasteiger partial charge on any atom is -0.198 e. The maximum absolute atomic E-state index is 9.61. The summed E-state index contributed by atoms with van der Waals surface area (Å²) in [5.41, 5.74) is 1.39. The van der Waals surface area contributed by atoms with Crippen LogP contribution in [0.4, 0.5) is 0 Å². The van der Waals surface area contributed by atoms with Crippen LogP contribution >= 0.6 is 0 Å². The summed E-state index contributed by atoms with van der Waals surface area (Å²) in [5, 5.41) is 9.61. The zero-order chi connectivity index (χ0) is 13.4. The molecule has 0 saturated heterocycles. The van der Waals surface area contributed by atoms with Gasteiger partial charge in [0.1, 0.15) is 0 Å². The van der Waals surface area contributed by atoms with Crippen LogP contribution in [0.25, 0.3) is 0 Å². The van der Waals surface area contributed by atoms with Gasteiger partial charge in [0.25, 0.3) is 0 Å². The van der Waals surface area contributed by atoms with Crippen molar-refractivity contribution in [2.45, 2.75) is 64.2 Å². The molecule has 1 nitrogen and oxygen atoms in total. The van der Waals surface area contributed by atoms with Gasteiger partial charge >= 0.3 is 0 Å². The molecule has 1 aliphatic rings. The number of rotatable bonds is 4. The van der Waals surface area contributed by atoms with Crippen molar-refractivity contribution >= 4 is 0 Å². The van der Waals surface area contributed by atoms with E-state index in [2.05, 4.69) is 36.4 Å². The lowest BCUT2D eigenvalue weighted by molar-refractivity contribution is 0.264. The van der Waals surface area contributed by atoms with Crippen LogP contribution in [0.1, 0.15) is 63.4 Å². The molecule has 1 aliphatic carbocycles. The molecule has 2 rings (SSSR count). The van der Waals surface area contributed by atoms with E-state index in [9.17, 15) is 5.26 Å². The first-order valence-electron chi connectivity index (χ1n) is 7.80. The zero-order valence-corrected chi connectivity index (χ0v) is 11.9. The first-order chi connectivity index (χ1) is 9.35. The van der Waals surface area contributed by atoms with Gasteiger partial charge < -0.3 is 0 Å². The molecule has 19 heavy (non-hydrogen) atoms. The quantitative estimate of drug-likeness (QED) is 0.719. The first kappa shape index (κ1) is 14.1. The summed E-state index contributed by atoms with van der Waals surface area (Å²) >= 11 is 0. The molecule has 0 bridgehead atoms. The van der Waals surface area contributed by atoms with Crippen LogP contribution in [-0.4, -0.2) is 0 Å². The van der Waals surface area contributed by atoms with Crippen molar-refractivity contribution in [2.24, 2.45) is 5.41 Å². The summed E-state index contributed by atoms with van der Waals surface area (Å²) in [6.07, 6.45) is 12.1. The molecule has 1 heteroatoms. The van der Waals surface area contributed by atoms with Crippen LogP contribution in [0.2, 0.25) is 0 Å². The summed E-state index contributed by atoms with van der Waals surface area (Å²) < 4.78 is 0. The number of hydrogen-bond acceptors (Lipinski definition) is 1. The number of benzene rings is 1. The Labute approximate surface area is 117 Å². The molecule has 0 radical (unpaired) electrons. The Balaban J connectivity index is 1.85.